The van der Waals surface area contributed by atoms with E-state index in [1.807, 2.05) is 13.8 Å². The fraction of sp³-hybridized carbons (Fsp3) is 0.385. The number of aromatic carboxylic acids is 1. The quantitative estimate of drug-likeness (QED) is 0.673. The lowest BCUT2D eigenvalue weighted by Crippen LogP contribution is -2.35. The molecule has 0 heterocycles. The molecule has 1 amide bonds. The molecule has 0 saturated carbocycles. The van der Waals surface area contributed by atoms with Crippen LogP contribution in [0.5, 0.6) is 0 Å². The second kappa shape index (κ2) is 6.63. The molecule has 1 aromatic rings. The molecule has 0 aliphatic rings. The Bertz CT molecular complexity index is 470. The molecule has 6 heteroatoms. The Morgan fingerprint density at radius 2 is 1.95 bits per heavy atom. The fourth-order valence-corrected chi connectivity index (χ4v) is 1.70. The molecule has 1 rings (SSSR count). The first-order valence-corrected chi connectivity index (χ1v) is 6.14. The van der Waals surface area contributed by atoms with E-state index < -0.39 is 5.97 Å². The summed E-state index contributed by atoms with van der Waals surface area (Å²) >= 11 is 0. The first-order chi connectivity index (χ1) is 8.99. The van der Waals surface area contributed by atoms with Gasteiger partial charge in [-0.2, -0.15) is 0 Å². The van der Waals surface area contributed by atoms with Gasteiger partial charge in [-0.15, -0.1) is 0 Å². The Labute approximate surface area is 112 Å². The van der Waals surface area contributed by atoms with Crippen LogP contribution in [-0.4, -0.2) is 41.5 Å². The summed E-state index contributed by atoms with van der Waals surface area (Å²) < 4.78 is 0. The highest BCUT2D eigenvalue weighted by Gasteiger charge is 2.11. The predicted molar refractivity (Wildman–Crippen MR) is 74.2 cm³/mol. The van der Waals surface area contributed by atoms with E-state index in [0.29, 0.717) is 24.5 Å². The molecule has 0 aromatic heterocycles. The number of anilines is 2. The van der Waals surface area contributed by atoms with Gasteiger partial charge in [0.15, 0.2) is 0 Å². The molecule has 19 heavy (non-hydrogen) atoms. The summed E-state index contributed by atoms with van der Waals surface area (Å²) in [6.07, 6.45) is 0. The Morgan fingerprint density at radius 1 is 1.32 bits per heavy atom. The number of nitrogen functional groups attached to an aromatic ring is 1. The third-order valence-corrected chi connectivity index (χ3v) is 2.85. The first kappa shape index (κ1) is 14.8. The standard InChI is InChI=1S/C13H19N3O3/c1-3-16(4-2)12(17)8-15-11-7-9(13(18)19)5-6-10(11)14/h5-7,15H,3-4,8,14H2,1-2H3,(H,18,19). The van der Waals surface area contributed by atoms with Gasteiger partial charge in [-0.3, -0.25) is 4.79 Å². The number of benzene rings is 1. The molecular formula is C13H19N3O3. The highest BCUT2D eigenvalue weighted by atomic mass is 16.4. The Kier molecular flexibility index (Phi) is 5.17. The number of nitrogens with two attached hydrogens (primary N) is 1. The van der Waals surface area contributed by atoms with Crippen LogP contribution in [0.2, 0.25) is 0 Å². The molecule has 0 spiro atoms. The second-order valence-electron chi connectivity index (χ2n) is 4.03. The molecule has 4 N–H and O–H groups in total. The largest absolute Gasteiger partial charge is 0.478 e. The number of hydrogen-bond donors (Lipinski definition) is 3. The van der Waals surface area contributed by atoms with Gasteiger partial charge in [0.05, 0.1) is 23.5 Å². The van der Waals surface area contributed by atoms with Gasteiger partial charge < -0.3 is 21.1 Å². The third kappa shape index (κ3) is 3.87. The van der Waals surface area contributed by atoms with E-state index in [1.54, 1.807) is 4.90 Å². The molecular weight excluding hydrogens is 246 g/mol. The van der Waals surface area contributed by atoms with Gasteiger partial charge in [0.2, 0.25) is 5.91 Å². The molecule has 0 saturated heterocycles. The number of amides is 1. The minimum atomic E-state index is -1.03. The predicted octanol–water partition coefficient (Wildman–Crippen LogP) is 1.25. The van der Waals surface area contributed by atoms with Gasteiger partial charge in [0.25, 0.3) is 0 Å². The summed E-state index contributed by atoms with van der Waals surface area (Å²) in [5, 5.41) is 11.8. The first-order valence-electron chi connectivity index (χ1n) is 6.14. The molecule has 104 valence electrons. The van der Waals surface area contributed by atoms with E-state index in [2.05, 4.69) is 5.32 Å². The van der Waals surface area contributed by atoms with Crippen molar-refractivity contribution in [1.82, 2.24) is 4.90 Å². The zero-order valence-electron chi connectivity index (χ0n) is 11.1. The Morgan fingerprint density at radius 3 is 2.47 bits per heavy atom. The van der Waals surface area contributed by atoms with Crippen LogP contribution >= 0.6 is 0 Å². The van der Waals surface area contributed by atoms with Crippen molar-refractivity contribution in [3.63, 3.8) is 0 Å². The smallest absolute Gasteiger partial charge is 0.335 e. The summed E-state index contributed by atoms with van der Waals surface area (Å²) in [6.45, 7) is 5.18. The highest BCUT2D eigenvalue weighted by molar-refractivity contribution is 5.91. The lowest BCUT2D eigenvalue weighted by molar-refractivity contribution is -0.128. The van der Waals surface area contributed by atoms with Gasteiger partial charge in [-0.1, -0.05) is 0 Å². The van der Waals surface area contributed by atoms with Crippen LogP contribution in [0.4, 0.5) is 11.4 Å². The third-order valence-electron chi connectivity index (χ3n) is 2.85. The maximum absolute atomic E-state index is 11.8. The van der Waals surface area contributed by atoms with Crippen LogP contribution in [-0.2, 0) is 4.79 Å². The number of nitrogens with zero attached hydrogens (tertiary/aromatic N) is 1. The molecule has 0 bridgehead atoms. The van der Waals surface area contributed by atoms with E-state index in [4.69, 9.17) is 10.8 Å². The normalized spacial score (nSPS) is 10.0. The van der Waals surface area contributed by atoms with Gasteiger partial charge in [0, 0.05) is 13.1 Å². The number of likely N-dealkylation sites (N-methyl/N-ethyl adjacent to an activating group) is 1. The van der Waals surface area contributed by atoms with Crippen molar-refractivity contribution in [3.05, 3.63) is 23.8 Å². The average molecular weight is 265 g/mol. The fourth-order valence-electron chi connectivity index (χ4n) is 1.70. The van der Waals surface area contributed by atoms with Crippen molar-refractivity contribution in [2.75, 3.05) is 30.7 Å². The number of nitrogens with one attached hydrogen (secondary N) is 1. The number of carboxylic acids is 1. The highest BCUT2D eigenvalue weighted by Crippen LogP contribution is 2.19. The summed E-state index contributed by atoms with van der Waals surface area (Å²) in [5.74, 6) is -1.08. The topological polar surface area (TPSA) is 95.7 Å². The van der Waals surface area contributed by atoms with Crippen LogP contribution in [0.25, 0.3) is 0 Å². The van der Waals surface area contributed by atoms with Crippen molar-refractivity contribution >= 4 is 23.3 Å². The van der Waals surface area contributed by atoms with Crippen molar-refractivity contribution in [2.24, 2.45) is 0 Å². The minimum absolute atomic E-state index is 0.0508. The van der Waals surface area contributed by atoms with E-state index in [-0.39, 0.29) is 18.0 Å². The number of carbonyl (C=O) groups is 2. The molecule has 0 unspecified atom stereocenters. The molecule has 0 aliphatic heterocycles. The number of rotatable bonds is 6. The van der Waals surface area contributed by atoms with Crippen molar-refractivity contribution in [2.45, 2.75) is 13.8 Å². The van der Waals surface area contributed by atoms with Crippen LogP contribution in [0.15, 0.2) is 18.2 Å². The Hall–Kier alpha value is -2.24. The summed E-state index contributed by atoms with van der Waals surface area (Å²) in [5.41, 5.74) is 6.74. The molecule has 0 atom stereocenters. The summed E-state index contributed by atoms with van der Waals surface area (Å²) in [7, 11) is 0. The van der Waals surface area contributed by atoms with E-state index in [1.165, 1.54) is 18.2 Å². The van der Waals surface area contributed by atoms with Crippen LogP contribution in [0.1, 0.15) is 24.2 Å². The second-order valence-corrected chi connectivity index (χ2v) is 4.03. The zero-order chi connectivity index (χ0) is 14.4. The average Bonchev–Trinajstić information content (AvgIpc) is 2.38. The van der Waals surface area contributed by atoms with Gasteiger partial charge >= 0.3 is 5.97 Å². The lowest BCUT2D eigenvalue weighted by Gasteiger charge is -2.19. The van der Waals surface area contributed by atoms with E-state index >= 15 is 0 Å². The van der Waals surface area contributed by atoms with Crippen LogP contribution in [0, 0.1) is 0 Å². The van der Waals surface area contributed by atoms with Crippen LogP contribution in [0.3, 0.4) is 0 Å². The van der Waals surface area contributed by atoms with Gasteiger partial charge in [-0.25, -0.2) is 4.79 Å². The molecule has 1 aromatic carbocycles. The number of carboxylic acid groups (broad SMARTS) is 1. The summed E-state index contributed by atoms with van der Waals surface area (Å²) in [6, 6.07) is 4.36. The zero-order valence-corrected chi connectivity index (χ0v) is 11.1. The number of carbonyl (C=O) groups excluding carboxylic acids is 1. The maximum atomic E-state index is 11.8. The van der Waals surface area contributed by atoms with E-state index in [9.17, 15) is 9.59 Å². The van der Waals surface area contributed by atoms with Crippen molar-refractivity contribution < 1.29 is 14.7 Å². The maximum Gasteiger partial charge on any atom is 0.335 e. The van der Waals surface area contributed by atoms with Gasteiger partial charge in [-0.05, 0) is 32.0 Å². The monoisotopic (exact) mass is 265 g/mol. The molecule has 0 radical (unpaired) electrons. The number of hydrogen-bond acceptors (Lipinski definition) is 4. The summed E-state index contributed by atoms with van der Waals surface area (Å²) in [4.78, 5) is 24.4. The van der Waals surface area contributed by atoms with Crippen LogP contribution < -0.4 is 11.1 Å². The van der Waals surface area contributed by atoms with Crippen molar-refractivity contribution in [3.8, 4) is 0 Å². The SMILES string of the molecule is CCN(CC)C(=O)CNc1cc(C(=O)O)ccc1N. The van der Waals surface area contributed by atoms with Gasteiger partial charge in [0.1, 0.15) is 0 Å². The van der Waals surface area contributed by atoms with Crippen molar-refractivity contribution in [1.29, 1.82) is 0 Å². The minimum Gasteiger partial charge on any atom is -0.478 e. The molecule has 0 fully saturated rings. The van der Waals surface area contributed by atoms with E-state index in [0.717, 1.165) is 0 Å². The molecule has 6 nitrogen and oxygen atoms in total. The molecule has 0 aliphatic carbocycles. The lowest BCUT2D eigenvalue weighted by atomic mass is 10.1. The Balaban J connectivity index is 2.74.